The molecular weight excluding hydrogens is 775 g/mol. The molecule has 0 amide bonds. The van der Waals surface area contributed by atoms with E-state index in [9.17, 15) is 0 Å². The van der Waals surface area contributed by atoms with Crippen molar-refractivity contribution in [2.75, 3.05) is 0 Å². The number of fused-ring (bicyclic) bond motifs is 9. The van der Waals surface area contributed by atoms with Crippen molar-refractivity contribution in [2.24, 2.45) is 9.98 Å². The summed E-state index contributed by atoms with van der Waals surface area (Å²) in [6.45, 7) is 0. The van der Waals surface area contributed by atoms with Crippen LogP contribution in [0.5, 0.6) is 0 Å². The Bertz CT molecular complexity index is 3820. The first-order valence-corrected chi connectivity index (χ1v) is 21.2. The molecule has 13 rings (SSSR count). The van der Waals surface area contributed by atoms with E-state index < -0.39 is 6.17 Å². The summed E-state index contributed by atoms with van der Waals surface area (Å²) >= 11 is 0. The van der Waals surface area contributed by atoms with Crippen LogP contribution in [0.25, 0.3) is 99.2 Å². The maximum Gasteiger partial charge on any atom is 0.159 e. The van der Waals surface area contributed by atoms with E-state index in [2.05, 4.69) is 157 Å². The lowest BCUT2D eigenvalue weighted by atomic mass is 9.93. The van der Waals surface area contributed by atoms with E-state index in [-0.39, 0.29) is 0 Å². The van der Waals surface area contributed by atoms with Gasteiger partial charge >= 0.3 is 0 Å². The fourth-order valence-electron chi connectivity index (χ4n) is 9.29. The van der Waals surface area contributed by atoms with Crippen molar-refractivity contribution in [3.63, 3.8) is 0 Å². The number of para-hydroxylation sites is 2. The second-order valence-electron chi connectivity index (χ2n) is 16.1. The molecule has 0 bridgehead atoms. The Morgan fingerprint density at radius 1 is 0.365 bits per heavy atom. The number of hydrogen-bond acceptors (Lipinski definition) is 6. The van der Waals surface area contributed by atoms with Crippen LogP contribution in [0.4, 0.5) is 0 Å². The van der Waals surface area contributed by atoms with Gasteiger partial charge < -0.3 is 18.6 Å². The fourth-order valence-corrected chi connectivity index (χ4v) is 9.29. The highest BCUT2D eigenvalue weighted by atomic mass is 16.3. The van der Waals surface area contributed by atoms with Crippen LogP contribution < -0.4 is 5.32 Å². The molecule has 12 aromatic rings. The average Bonchev–Trinajstić information content (AvgIpc) is 4.05. The average molecular weight is 810 g/mol. The summed E-state index contributed by atoms with van der Waals surface area (Å²) in [5.74, 6) is 1.41. The van der Waals surface area contributed by atoms with E-state index in [1.54, 1.807) is 0 Å². The van der Waals surface area contributed by atoms with Gasteiger partial charge in [-0.15, -0.1) is 0 Å². The van der Waals surface area contributed by atoms with Crippen LogP contribution in [0.15, 0.2) is 223 Å². The molecule has 4 heterocycles. The van der Waals surface area contributed by atoms with Gasteiger partial charge in [0, 0.05) is 54.6 Å². The maximum absolute atomic E-state index is 6.99. The predicted molar refractivity (Wildman–Crippen MR) is 256 cm³/mol. The number of benzene rings is 9. The molecule has 1 aliphatic rings. The van der Waals surface area contributed by atoms with Crippen LogP contribution >= 0.6 is 0 Å². The van der Waals surface area contributed by atoms with Gasteiger partial charge in [0.15, 0.2) is 5.84 Å². The molecule has 0 saturated carbocycles. The van der Waals surface area contributed by atoms with Crippen LogP contribution in [-0.2, 0) is 0 Å². The first-order valence-electron chi connectivity index (χ1n) is 21.2. The topological polar surface area (TPSA) is 76.2 Å². The predicted octanol–water partition coefficient (Wildman–Crippen LogP) is 14.9. The second kappa shape index (κ2) is 14.0. The summed E-state index contributed by atoms with van der Waals surface area (Å²) in [7, 11) is 0. The number of furan rings is 3. The van der Waals surface area contributed by atoms with Crippen molar-refractivity contribution in [1.82, 2.24) is 5.32 Å². The van der Waals surface area contributed by atoms with Gasteiger partial charge in [0.2, 0.25) is 0 Å². The quantitative estimate of drug-likeness (QED) is 0.181. The zero-order chi connectivity index (χ0) is 41.4. The van der Waals surface area contributed by atoms with E-state index in [1.165, 1.54) is 5.56 Å². The van der Waals surface area contributed by atoms with Gasteiger partial charge in [-0.3, -0.25) is 0 Å². The summed E-state index contributed by atoms with van der Waals surface area (Å²) in [4.78, 5) is 10.5. The van der Waals surface area contributed by atoms with Crippen LogP contribution in [0.1, 0.15) is 22.9 Å². The summed E-state index contributed by atoms with van der Waals surface area (Å²) in [5.41, 5.74) is 14.4. The third kappa shape index (κ3) is 5.87. The number of hydrogen-bond donors (Lipinski definition) is 1. The fraction of sp³-hybridized carbons (Fsp3) is 0.0175. The normalized spacial score (nSPS) is 14.2. The van der Waals surface area contributed by atoms with Gasteiger partial charge in [0.05, 0.1) is 0 Å². The Kier molecular flexibility index (Phi) is 7.87. The van der Waals surface area contributed by atoms with Crippen molar-refractivity contribution in [1.29, 1.82) is 0 Å². The summed E-state index contributed by atoms with van der Waals surface area (Å²) < 4.78 is 19.5. The molecule has 1 unspecified atom stereocenters. The van der Waals surface area contributed by atoms with Crippen molar-refractivity contribution in [3.05, 3.63) is 217 Å². The zero-order valence-electron chi connectivity index (χ0n) is 33.7. The minimum Gasteiger partial charge on any atom is -0.456 e. The van der Waals surface area contributed by atoms with Crippen LogP contribution in [0, 0.1) is 0 Å². The molecule has 1 atom stereocenters. The molecule has 0 spiro atoms. The van der Waals surface area contributed by atoms with E-state index in [0.29, 0.717) is 5.84 Å². The minimum atomic E-state index is -0.472. The number of amidine groups is 2. The minimum absolute atomic E-state index is 0.472. The van der Waals surface area contributed by atoms with Gasteiger partial charge in [-0.05, 0) is 82.4 Å². The Morgan fingerprint density at radius 2 is 0.905 bits per heavy atom. The largest absolute Gasteiger partial charge is 0.456 e. The first kappa shape index (κ1) is 35.3. The molecule has 0 radical (unpaired) electrons. The molecule has 6 nitrogen and oxygen atoms in total. The SMILES string of the molecule is c1ccc(C2=NC(c3cccc4oc5c(-c6ccc7oc8ccccc8c7c6)cc(-c6ccc7oc8ccccc8c7c6)cc5c34)NC(c3ccc(-c4ccccc4)cc3)=N2)cc1. The van der Waals surface area contributed by atoms with Gasteiger partial charge in [0.25, 0.3) is 0 Å². The first-order chi connectivity index (χ1) is 31.2. The Labute approximate surface area is 361 Å². The second-order valence-corrected chi connectivity index (χ2v) is 16.1. The molecule has 0 fully saturated rings. The van der Waals surface area contributed by atoms with Crippen molar-refractivity contribution >= 4 is 77.5 Å². The zero-order valence-corrected chi connectivity index (χ0v) is 33.7. The molecule has 0 saturated heterocycles. The van der Waals surface area contributed by atoms with Gasteiger partial charge in [-0.2, -0.15) is 0 Å². The number of rotatable bonds is 6. The van der Waals surface area contributed by atoms with Gasteiger partial charge in [-0.1, -0.05) is 146 Å². The standard InChI is InChI=1S/C57H35N3O3/c1-3-12-34(13-4-1)35-22-24-37(25-23-35)56-58-55(36-14-5-2-6-15-36)59-57(60-56)43-18-11-21-52-53(43)47-33-40(38-26-28-50-45(30-38)41-16-7-9-19-48(41)61-50)32-44(54(47)63-52)39-27-29-51-46(31-39)42-17-8-10-20-49(42)62-51/h1-33,57H,(H,58,59,60). The molecule has 1 N–H and O–H groups in total. The Hall–Kier alpha value is -8.48. The lowest BCUT2D eigenvalue weighted by molar-refractivity contribution is 0.663. The maximum atomic E-state index is 6.99. The highest BCUT2D eigenvalue weighted by molar-refractivity contribution is 6.17. The highest BCUT2D eigenvalue weighted by Gasteiger charge is 2.26. The third-order valence-corrected chi connectivity index (χ3v) is 12.4. The molecule has 3 aromatic heterocycles. The monoisotopic (exact) mass is 809 g/mol. The number of aliphatic imine (C=N–C) groups is 2. The lowest BCUT2D eigenvalue weighted by Gasteiger charge is -2.24. The van der Waals surface area contributed by atoms with E-state index in [1.807, 2.05) is 48.5 Å². The number of nitrogens with one attached hydrogen (secondary N) is 1. The molecular formula is C57H35N3O3. The van der Waals surface area contributed by atoms with Gasteiger partial charge in [0.1, 0.15) is 45.5 Å². The molecule has 9 aromatic carbocycles. The van der Waals surface area contributed by atoms with Crippen molar-refractivity contribution < 1.29 is 13.3 Å². The van der Waals surface area contributed by atoms with Gasteiger partial charge in [-0.25, -0.2) is 9.98 Å². The van der Waals surface area contributed by atoms with Crippen LogP contribution in [-0.4, -0.2) is 11.7 Å². The van der Waals surface area contributed by atoms with Crippen molar-refractivity contribution in [3.8, 4) is 33.4 Å². The van der Waals surface area contributed by atoms with Crippen LogP contribution in [0.2, 0.25) is 0 Å². The molecule has 296 valence electrons. The lowest BCUT2D eigenvalue weighted by Crippen LogP contribution is -2.33. The smallest absolute Gasteiger partial charge is 0.159 e. The van der Waals surface area contributed by atoms with E-state index in [4.69, 9.17) is 23.2 Å². The molecule has 0 aliphatic carbocycles. The van der Waals surface area contributed by atoms with Crippen LogP contribution in [0.3, 0.4) is 0 Å². The highest BCUT2D eigenvalue weighted by Crippen LogP contribution is 2.44. The van der Waals surface area contributed by atoms with E-state index >= 15 is 0 Å². The molecule has 1 aliphatic heterocycles. The van der Waals surface area contributed by atoms with E-state index in [0.717, 1.165) is 116 Å². The summed E-state index contributed by atoms with van der Waals surface area (Å²) in [5, 5.41) is 10.0. The van der Waals surface area contributed by atoms with Crippen molar-refractivity contribution in [2.45, 2.75) is 6.17 Å². The Morgan fingerprint density at radius 3 is 1.62 bits per heavy atom. The molecule has 6 heteroatoms. The molecule has 63 heavy (non-hydrogen) atoms. The Balaban J connectivity index is 1.02. The third-order valence-electron chi connectivity index (χ3n) is 12.4. The summed E-state index contributed by atoms with van der Waals surface area (Å²) in [6, 6.07) is 69.3. The summed E-state index contributed by atoms with van der Waals surface area (Å²) in [6.07, 6.45) is -0.472. The number of nitrogens with zero attached hydrogens (tertiary/aromatic N) is 2.